The molecule has 1 saturated carbocycles. The molecule has 1 rings (SSSR count). The van der Waals surface area contributed by atoms with Crippen LogP contribution in [0.25, 0.3) is 0 Å². The van der Waals surface area contributed by atoms with Crippen molar-refractivity contribution >= 4 is 11.8 Å². The van der Waals surface area contributed by atoms with Gasteiger partial charge >= 0.3 is 5.97 Å². The van der Waals surface area contributed by atoms with Gasteiger partial charge in [0.15, 0.2) is 5.78 Å². The fourth-order valence-corrected chi connectivity index (χ4v) is 2.98. The predicted octanol–water partition coefficient (Wildman–Crippen LogP) is 3.19. The largest absolute Gasteiger partial charge is 0.481 e. The number of rotatable bonds is 8. The molecule has 1 aliphatic rings. The van der Waals surface area contributed by atoms with E-state index in [1.165, 1.54) is 0 Å². The highest BCUT2D eigenvalue weighted by Crippen LogP contribution is 2.36. The van der Waals surface area contributed by atoms with Gasteiger partial charge in [0, 0.05) is 11.3 Å². The molecule has 4 heteroatoms. The first kappa shape index (κ1) is 17.9. The number of carbonyl (C=O) groups excluding carboxylic acids is 1. The van der Waals surface area contributed by atoms with Crippen LogP contribution in [-0.4, -0.2) is 28.1 Å². The molecule has 0 amide bonds. The third-order valence-corrected chi connectivity index (χ3v) is 4.57. The molecule has 4 nitrogen and oxygen atoms in total. The number of carbonyl (C=O) groups is 2. The zero-order valence-electron chi connectivity index (χ0n) is 13.3. The molecule has 0 aromatic rings. The predicted molar refractivity (Wildman–Crippen MR) is 81.9 cm³/mol. The summed E-state index contributed by atoms with van der Waals surface area (Å²) in [6.07, 6.45) is 7.12. The monoisotopic (exact) mass is 296 g/mol. The van der Waals surface area contributed by atoms with E-state index < -0.39 is 12.1 Å². The van der Waals surface area contributed by atoms with Crippen molar-refractivity contribution in [1.82, 2.24) is 0 Å². The molecule has 2 N–H and O–H groups in total. The maximum absolute atomic E-state index is 12.3. The molecule has 0 bridgehead atoms. The summed E-state index contributed by atoms with van der Waals surface area (Å²) < 4.78 is 0. The first-order valence-electron chi connectivity index (χ1n) is 7.90. The van der Waals surface area contributed by atoms with Crippen LogP contribution in [0.1, 0.15) is 59.3 Å². The van der Waals surface area contributed by atoms with Gasteiger partial charge < -0.3 is 10.2 Å². The Morgan fingerprint density at radius 1 is 1.29 bits per heavy atom. The molecule has 1 aliphatic carbocycles. The number of hydrogen-bond acceptors (Lipinski definition) is 3. The number of allylic oxidation sites excluding steroid dienone is 2. The lowest BCUT2D eigenvalue weighted by Crippen LogP contribution is -2.24. The van der Waals surface area contributed by atoms with Gasteiger partial charge in [-0.2, -0.15) is 0 Å². The van der Waals surface area contributed by atoms with Crippen molar-refractivity contribution in [2.24, 2.45) is 17.3 Å². The molecule has 0 unspecified atom stereocenters. The molecular formula is C17H28O4. The van der Waals surface area contributed by atoms with Crippen molar-refractivity contribution in [1.29, 1.82) is 0 Å². The van der Waals surface area contributed by atoms with Crippen molar-refractivity contribution in [2.75, 3.05) is 0 Å². The molecule has 3 atom stereocenters. The van der Waals surface area contributed by atoms with Crippen LogP contribution < -0.4 is 0 Å². The van der Waals surface area contributed by atoms with Gasteiger partial charge in [0.2, 0.25) is 0 Å². The highest BCUT2D eigenvalue weighted by atomic mass is 16.4. The van der Waals surface area contributed by atoms with Crippen LogP contribution >= 0.6 is 0 Å². The number of aliphatic hydroxyl groups is 1. The lowest BCUT2D eigenvalue weighted by atomic mass is 9.82. The normalized spacial score (nSPS) is 26.4. The second kappa shape index (κ2) is 7.74. The highest BCUT2D eigenvalue weighted by molar-refractivity contribution is 5.94. The molecule has 0 aromatic carbocycles. The minimum Gasteiger partial charge on any atom is -0.481 e. The van der Waals surface area contributed by atoms with Gasteiger partial charge in [0.25, 0.3) is 0 Å². The number of ketones is 1. The van der Waals surface area contributed by atoms with E-state index in [2.05, 4.69) is 6.92 Å². The number of carboxylic acids is 1. The first-order chi connectivity index (χ1) is 9.77. The summed E-state index contributed by atoms with van der Waals surface area (Å²) in [5.41, 5.74) is -0.369. The summed E-state index contributed by atoms with van der Waals surface area (Å²) in [6.45, 7) is 6.01. The topological polar surface area (TPSA) is 74.6 Å². The maximum Gasteiger partial charge on any atom is 0.303 e. The van der Waals surface area contributed by atoms with E-state index in [9.17, 15) is 14.7 Å². The van der Waals surface area contributed by atoms with E-state index in [4.69, 9.17) is 5.11 Å². The Morgan fingerprint density at radius 2 is 1.95 bits per heavy atom. The Bertz CT molecular complexity index is 398. The van der Waals surface area contributed by atoms with Crippen LogP contribution in [0.3, 0.4) is 0 Å². The highest BCUT2D eigenvalue weighted by Gasteiger charge is 2.35. The Hall–Kier alpha value is -1.16. The van der Waals surface area contributed by atoms with Gasteiger partial charge in [-0.3, -0.25) is 9.59 Å². The van der Waals surface area contributed by atoms with Crippen molar-refractivity contribution in [3.8, 4) is 0 Å². The summed E-state index contributed by atoms with van der Waals surface area (Å²) in [5, 5.41) is 18.8. The molecule has 0 aromatic heterocycles. The maximum atomic E-state index is 12.3. The van der Waals surface area contributed by atoms with Gasteiger partial charge in [0.1, 0.15) is 0 Å². The number of unbranched alkanes of at least 4 members (excludes halogenated alkanes) is 1. The van der Waals surface area contributed by atoms with Crippen LogP contribution in [-0.2, 0) is 9.59 Å². The van der Waals surface area contributed by atoms with Crippen molar-refractivity contribution in [3.05, 3.63) is 12.2 Å². The molecule has 21 heavy (non-hydrogen) atoms. The van der Waals surface area contributed by atoms with Crippen LogP contribution in [0, 0.1) is 17.3 Å². The third-order valence-electron chi connectivity index (χ3n) is 4.57. The smallest absolute Gasteiger partial charge is 0.303 e. The Labute approximate surface area is 127 Å². The van der Waals surface area contributed by atoms with E-state index in [1.54, 1.807) is 6.08 Å². The summed E-state index contributed by atoms with van der Waals surface area (Å²) in [5.74, 6) is -1.09. The molecule has 0 heterocycles. The number of carboxylic acid groups (broad SMARTS) is 1. The van der Waals surface area contributed by atoms with Crippen LogP contribution in [0.5, 0.6) is 0 Å². The molecule has 0 radical (unpaired) electrons. The van der Waals surface area contributed by atoms with Gasteiger partial charge in [-0.25, -0.2) is 0 Å². The van der Waals surface area contributed by atoms with E-state index in [1.807, 2.05) is 19.9 Å². The SMILES string of the molecule is CCCCC(C)(C)C(=O)C=C[C@H]1CC[C@H](O)[C@@H]1CC(=O)O. The molecule has 0 saturated heterocycles. The Kier molecular flexibility index (Phi) is 6.59. The molecule has 1 fully saturated rings. The molecule has 0 aliphatic heterocycles. The van der Waals surface area contributed by atoms with Crippen LogP contribution in [0.2, 0.25) is 0 Å². The molecule has 120 valence electrons. The fourth-order valence-electron chi connectivity index (χ4n) is 2.98. The minimum atomic E-state index is -0.894. The number of aliphatic hydroxyl groups excluding tert-OH is 1. The van der Waals surface area contributed by atoms with Crippen molar-refractivity contribution in [2.45, 2.75) is 65.4 Å². The van der Waals surface area contributed by atoms with Crippen molar-refractivity contribution < 1.29 is 19.8 Å². The lowest BCUT2D eigenvalue weighted by molar-refractivity contribution is -0.139. The minimum absolute atomic E-state index is 0.0120. The van der Waals surface area contributed by atoms with Crippen LogP contribution in [0.15, 0.2) is 12.2 Å². The van der Waals surface area contributed by atoms with Gasteiger partial charge in [-0.1, -0.05) is 39.7 Å². The third kappa shape index (κ3) is 5.27. The molecule has 0 spiro atoms. The van der Waals surface area contributed by atoms with Crippen molar-refractivity contribution in [3.63, 3.8) is 0 Å². The Morgan fingerprint density at radius 3 is 2.52 bits per heavy atom. The summed E-state index contributed by atoms with van der Waals surface area (Å²) >= 11 is 0. The first-order valence-corrected chi connectivity index (χ1v) is 7.90. The second-order valence-corrected chi connectivity index (χ2v) is 6.78. The lowest BCUT2D eigenvalue weighted by Gasteiger charge is -2.22. The quantitative estimate of drug-likeness (QED) is 0.675. The fraction of sp³-hybridized carbons (Fsp3) is 0.765. The zero-order chi connectivity index (χ0) is 16.0. The summed E-state index contributed by atoms with van der Waals surface area (Å²) in [7, 11) is 0. The summed E-state index contributed by atoms with van der Waals surface area (Å²) in [4.78, 5) is 23.1. The van der Waals surface area contributed by atoms with E-state index in [-0.39, 0.29) is 29.5 Å². The average molecular weight is 296 g/mol. The second-order valence-electron chi connectivity index (χ2n) is 6.78. The number of hydrogen-bond donors (Lipinski definition) is 2. The average Bonchev–Trinajstić information content (AvgIpc) is 2.74. The van der Waals surface area contributed by atoms with Gasteiger partial charge in [-0.15, -0.1) is 0 Å². The van der Waals surface area contributed by atoms with Gasteiger partial charge in [0.05, 0.1) is 12.5 Å². The number of aliphatic carboxylic acids is 1. The van der Waals surface area contributed by atoms with E-state index in [0.717, 1.165) is 25.7 Å². The Balaban J connectivity index is 2.65. The van der Waals surface area contributed by atoms with E-state index in [0.29, 0.717) is 6.42 Å². The van der Waals surface area contributed by atoms with E-state index >= 15 is 0 Å². The van der Waals surface area contributed by atoms with Crippen LogP contribution in [0.4, 0.5) is 0 Å². The standard InChI is InChI=1S/C17H28O4/c1-4-5-10-17(2,3)15(19)9-7-12-6-8-14(18)13(12)11-16(20)21/h7,9,12-14,18H,4-6,8,10-11H2,1-3H3,(H,20,21)/t12-,13-,14+/m1/s1. The zero-order valence-corrected chi connectivity index (χ0v) is 13.3. The molecular weight excluding hydrogens is 268 g/mol. The van der Waals surface area contributed by atoms with Gasteiger partial charge in [-0.05, 0) is 31.3 Å². The summed E-state index contributed by atoms with van der Waals surface area (Å²) in [6, 6.07) is 0.